The second-order valence-electron chi connectivity index (χ2n) is 4.46. The molecular weight excluding hydrogens is 231 g/mol. The molecule has 0 spiro atoms. The maximum Gasteiger partial charge on any atom is 0.126 e. The van der Waals surface area contributed by atoms with Crippen LogP contribution in [0.5, 0.6) is 0 Å². The molecule has 1 atom stereocenters. The number of hydrogen-bond donors (Lipinski definition) is 1. The van der Waals surface area contributed by atoms with Crippen LogP contribution in [0.3, 0.4) is 0 Å². The van der Waals surface area contributed by atoms with Crippen LogP contribution in [0.1, 0.15) is 29.8 Å². The number of aryl methyl sites for hydroxylation is 2. The molecule has 18 heavy (non-hydrogen) atoms. The fourth-order valence-electron chi connectivity index (χ4n) is 1.72. The summed E-state index contributed by atoms with van der Waals surface area (Å²) in [4.78, 5) is 0. The minimum atomic E-state index is -0.164. The van der Waals surface area contributed by atoms with E-state index < -0.39 is 0 Å². The lowest BCUT2D eigenvalue weighted by atomic mass is 10.1. The summed E-state index contributed by atoms with van der Waals surface area (Å²) in [5.41, 5.74) is 2.60. The fraction of sp³-hybridized carbons (Fsp3) is 0.385. The van der Waals surface area contributed by atoms with Gasteiger partial charge in [0.05, 0.1) is 11.9 Å². The van der Waals surface area contributed by atoms with Crippen LogP contribution >= 0.6 is 0 Å². The van der Waals surface area contributed by atoms with Gasteiger partial charge in [-0.2, -0.15) is 0 Å². The van der Waals surface area contributed by atoms with Crippen LogP contribution in [-0.4, -0.2) is 15.0 Å². The number of nitrogens with zero attached hydrogens (tertiary/aromatic N) is 3. The predicted octanol–water partition coefficient (Wildman–Crippen LogP) is 2.11. The summed E-state index contributed by atoms with van der Waals surface area (Å²) in [6.45, 7) is 4.42. The Morgan fingerprint density at radius 3 is 2.83 bits per heavy atom. The summed E-state index contributed by atoms with van der Waals surface area (Å²) >= 11 is 0. The van der Waals surface area contributed by atoms with E-state index in [4.69, 9.17) is 0 Å². The molecule has 1 aromatic heterocycles. The van der Waals surface area contributed by atoms with E-state index in [1.807, 2.05) is 20.0 Å². The number of aromatic nitrogens is 3. The SMILES string of the molecule is Cc1ccc(C(C)NCc2cnnn2C)cc1F. The zero-order valence-electron chi connectivity index (χ0n) is 10.8. The van der Waals surface area contributed by atoms with Crippen LogP contribution < -0.4 is 5.32 Å². The van der Waals surface area contributed by atoms with Gasteiger partial charge in [-0.15, -0.1) is 5.10 Å². The van der Waals surface area contributed by atoms with E-state index in [0.717, 1.165) is 11.3 Å². The first-order valence-corrected chi connectivity index (χ1v) is 5.91. The summed E-state index contributed by atoms with van der Waals surface area (Å²) < 4.78 is 15.2. The van der Waals surface area contributed by atoms with Crippen molar-refractivity contribution in [2.75, 3.05) is 0 Å². The van der Waals surface area contributed by atoms with E-state index in [1.165, 1.54) is 0 Å². The lowest BCUT2D eigenvalue weighted by Crippen LogP contribution is -2.20. The Morgan fingerprint density at radius 2 is 2.22 bits per heavy atom. The zero-order chi connectivity index (χ0) is 13.1. The van der Waals surface area contributed by atoms with Gasteiger partial charge in [0.15, 0.2) is 0 Å². The first-order chi connectivity index (χ1) is 8.58. The molecule has 5 heteroatoms. The first-order valence-electron chi connectivity index (χ1n) is 5.91. The highest BCUT2D eigenvalue weighted by Gasteiger charge is 2.08. The predicted molar refractivity (Wildman–Crippen MR) is 67.4 cm³/mol. The summed E-state index contributed by atoms with van der Waals surface area (Å²) in [6, 6.07) is 5.40. The van der Waals surface area contributed by atoms with Gasteiger partial charge in [-0.25, -0.2) is 4.39 Å². The smallest absolute Gasteiger partial charge is 0.126 e. The van der Waals surface area contributed by atoms with E-state index in [2.05, 4.69) is 15.6 Å². The van der Waals surface area contributed by atoms with Crippen LogP contribution in [0.2, 0.25) is 0 Å². The summed E-state index contributed by atoms with van der Waals surface area (Å²) in [5, 5.41) is 11.0. The van der Waals surface area contributed by atoms with Crippen LogP contribution in [0.15, 0.2) is 24.4 Å². The minimum absolute atomic E-state index is 0.0787. The lowest BCUT2D eigenvalue weighted by Gasteiger charge is -2.14. The molecule has 0 aliphatic heterocycles. The molecule has 2 aromatic rings. The molecule has 1 aromatic carbocycles. The molecule has 2 rings (SSSR count). The van der Waals surface area contributed by atoms with Gasteiger partial charge < -0.3 is 5.32 Å². The van der Waals surface area contributed by atoms with Crippen molar-refractivity contribution >= 4 is 0 Å². The maximum absolute atomic E-state index is 13.5. The van der Waals surface area contributed by atoms with Gasteiger partial charge in [-0.05, 0) is 31.0 Å². The molecule has 1 unspecified atom stereocenters. The van der Waals surface area contributed by atoms with Crippen molar-refractivity contribution in [2.45, 2.75) is 26.4 Å². The van der Waals surface area contributed by atoms with Crippen LogP contribution in [0.4, 0.5) is 4.39 Å². The molecule has 0 aliphatic rings. The topological polar surface area (TPSA) is 42.7 Å². The Morgan fingerprint density at radius 1 is 1.44 bits per heavy atom. The number of halogens is 1. The molecule has 1 N–H and O–H groups in total. The maximum atomic E-state index is 13.5. The number of nitrogens with one attached hydrogen (secondary N) is 1. The minimum Gasteiger partial charge on any atom is -0.305 e. The van der Waals surface area contributed by atoms with Gasteiger partial charge in [0.1, 0.15) is 5.82 Å². The molecule has 4 nitrogen and oxygen atoms in total. The lowest BCUT2D eigenvalue weighted by molar-refractivity contribution is 0.540. The van der Waals surface area contributed by atoms with Gasteiger partial charge in [-0.3, -0.25) is 4.68 Å². The third-order valence-electron chi connectivity index (χ3n) is 3.09. The van der Waals surface area contributed by atoms with E-state index in [0.29, 0.717) is 12.1 Å². The Balaban J connectivity index is 2.01. The summed E-state index contributed by atoms with van der Waals surface area (Å²) in [5.74, 6) is -0.164. The Bertz CT molecular complexity index is 536. The molecule has 0 bridgehead atoms. The van der Waals surface area contributed by atoms with E-state index in [1.54, 1.807) is 29.9 Å². The molecule has 1 heterocycles. The Hall–Kier alpha value is -1.75. The number of benzene rings is 1. The Kier molecular flexibility index (Phi) is 3.72. The second-order valence-corrected chi connectivity index (χ2v) is 4.46. The third-order valence-corrected chi connectivity index (χ3v) is 3.09. The van der Waals surface area contributed by atoms with E-state index in [9.17, 15) is 4.39 Å². The molecule has 0 saturated heterocycles. The van der Waals surface area contributed by atoms with Crippen molar-refractivity contribution < 1.29 is 4.39 Å². The largest absolute Gasteiger partial charge is 0.305 e. The summed E-state index contributed by atoms with van der Waals surface area (Å²) in [6.07, 6.45) is 1.72. The van der Waals surface area contributed by atoms with Gasteiger partial charge in [0.25, 0.3) is 0 Å². The molecule has 0 fully saturated rings. The normalized spacial score (nSPS) is 12.7. The first kappa shape index (κ1) is 12.7. The number of rotatable bonds is 4. The molecule has 0 saturated carbocycles. The van der Waals surface area contributed by atoms with Crippen molar-refractivity contribution in [1.29, 1.82) is 0 Å². The monoisotopic (exact) mass is 248 g/mol. The second kappa shape index (κ2) is 5.27. The average molecular weight is 248 g/mol. The van der Waals surface area contributed by atoms with Gasteiger partial charge in [0, 0.05) is 19.6 Å². The quantitative estimate of drug-likeness (QED) is 0.901. The van der Waals surface area contributed by atoms with Crippen molar-refractivity contribution in [1.82, 2.24) is 20.3 Å². The van der Waals surface area contributed by atoms with Crippen molar-refractivity contribution in [3.63, 3.8) is 0 Å². The van der Waals surface area contributed by atoms with Crippen LogP contribution in [0.25, 0.3) is 0 Å². The highest BCUT2D eigenvalue weighted by atomic mass is 19.1. The van der Waals surface area contributed by atoms with E-state index >= 15 is 0 Å². The highest BCUT2D eigenvalue weighted by molar-refractivity contribution is 5.25. The highest BCUT2D eigenvalue weighted by Crippen LogP contribution is 2.16. The average Bonchev–Trinajstić information content (AvgIpc) is 2.75. The fourth-order valence-corrected chi connectivity index (χ4v) is 1.72. The standard InChI is InChI=1S/C13H17FN4/c1-9-4-5-11(6-13(9)14)10(2)15-7-12-8-16-17-18(12)3/h4-6,8,10,15H,7H2,1-3H3. The van der Waals surface area contributed by atoms with Crippen molar-refractivity contribution in [3.8, 4) is 0 Å². The molecule has 0 radical (unpaired) electrons. The van der Waals surface area contributed by atoms with Gasteiger partial charge in [0.2, 0.25) is 0 Å². The van der Waals surface area contributed by atoms with Crippen LogP contribution in [0, 0.1) is 12.7 Å². The number of hydrogen-bond acceptors (Lipinski definition) is 3. The molecule has 0 aliphatic carbocycles. The Labute approximate surface area is 106 Å². The van der Waals surface area contributed by atoms with Crippen molar-refractivity contribution in [3.05, 3.63) is 47.0 Å². The third kappa shape index (κ3) is 2.73. The van der Waals surface area contributed by atoms with Gasteiger partial charge >= 0.3 is 0 Å². The molecule has 0 amide bonds. The van der Waals surface area contributed by atoms with Gasteiger partial charge in [-0.1, -0.05) is 17.3 Å². The zero-order valence-corrected chi connectivity index (χ0v) is 10.8. The summed E-state index contributed by atoms with van der Waals surface area (Å²) in [7, 11) is 1.85. The van der Waals surface area contributed by atoms with E-state index in [-0.39, 0.29) is 11.9 Å². The van der Waals surface area contributed by atoms with Crippen molar-refractivity contribution in [2.24, 2.45) is 7.05 Å². The molecular formula is C13H17FN4. The molecule has 96 valence electrons. The van der Waals surface area contributed by atoms with Crippen LogP contribution in [-0.2, 0) is 13.6 Å².